The van der Waals surface area contributed by atoms with Crippen molar-refractivity contribution in [2.45, 2.75) is 70.0 Å². The maximum Gasteiger partial charge on any atom is 0.407 e. The van der Waals surface area contributed by atoms with Crippen LogP contribution < -0.4 is 10.6 Å². The largest absolute Gasteiger partial charge is 0.480 e. The minimum Gasteiger partial charge on any atom is -0.480 e. The fraction of sp³-hybridized carbons (Fsp3) is 0.583. The fourth-order valence-electron chi connectivity index (χ4n) is 4.09. The van der Waals surface area contributed by atoms with Gasteiger partial charge in [-0.3, -0.25) is 14.9 Å². The summed E-state index contributed by atoms with van der Waals surface area (Å²) in [7, 11) is 0. The lowest BCUT2D eigenvalue weighted by Gasteiger charge is -2.29. The van der Waals surface area contributed by atoms with Crippen molar-refractivity contribution >= 4 is 23.9 Å². The summed E-state index contributed by atoms with van der Waals surface area (Å²) in [5.41, 5.74) is 0.994. The lowest BCUT2D eigenvalue weighted by atomic mass is 10.0. The van der Waals surface area contributed by atoms with Crippen molar-refractivity contribution in [1.82, 2.24) is 15.5 Å². The van der Waals surface area contributed by atoms with Crippen LogP contribution >= 0.6 is 0 Å². The van der Waals surface area contributed by atoms with Crippen LogP contribution in [-0.2, 0) is 25.5 Å². The van der Waals surface area contributed by atoms with Gasteiger partial charge in [-0.1, -0.05) is 30.3 Å². The van der Waals surface area contributed by atoms with Gasteiger partial charge in [0.1, 0.15) is 12.1 Å². The van der Waals surface area contributed by atoms with Crippen LogP contribution in [-0.4, -0.2) is 76.9 Å². The smallest absolute Gasteiger partial charge is 0.407 e. The molecule has 1 heterocycles. The van der Waals surface area contributed by atoms with E-state index < -0.39 is 42.1 Å². The molecule has 1 aliphatic heterocycles. The summed E-state index contributed by atoms with van der Waals surface area (Å²) in [6, 6.07) is 6.80. The Bertz CT molecular complexity index is 818. The number of aliphatic carboxylic acids is 2. The maximum atomic E-state index is 13.3. The van der Waals surface area contributed by atoms with E-state index in [1.807, 2.05) is 30.3 Å². The van der Waals surface area contributed by atoms with Gasteiger partial charge in [-0.05, 0) is 57.4 Å². The fourth-order valence-corrected chi connectivity index (χ4v) is 4.09. The zero-order valence-corrected chi connectivity index (χ0v) is 19.6. The molecule has 3 atom stereocenters. The van der Waals surface area contributed by atoms with Crippen molar-refractivity contribution in [3.8, 4) is 0 Å². The number of aryl methyl sites for hydroxylation is 1. The van der Waals surface area contributed by atoms with E-state index in [2.05, 4.69) is 10.6 Å². The molecular formula is C24H35N3O7. The number of amides is 2. The number of alkyl carbamates (subject to hydrolysis) is 1. The number of ether oxygens (including phenoxy) is 1. The van der Waals surface area contributed by atoms with Gasteiger partial charge in [0.25, 0.3) is 0 Å². The van der Waals surface area contributed by atoms with E-state index in [4.69, 9.17) is 4.74 Å². The van der Waals surface area contributed by atoms with Gasteiger partial charge in [-0.25, -0.2) is 9.59 Å². The highest BCUT2D eigenvalue weighted by atomic mass is 16.5. The monoisotopic (exact) mass is 477 g/mol. The van der Waals surface area contributed by atoms with Crippen LogP contribution in [0.1, 0.15) is 51.0 Å². The van der Waals surface area contributed by atoms with E-state index in [1.165, 1.54) is 4.90 Å². The van der Waals surface area contributed by atoms with E-state index in [1.54, 1.807) is 6.92 Å². The Kier molecular flexibility index (Phi) is 11.3. The summed E-state index contributed by atoms with van der Waals surface area (Å²) in [5, 5.41) is 24.8. The summed E-state index contributed by atoms with van der Waals surface area (Å²) in [4.78, 5) is 49.5. The van der Waals surface area contributed by atoms with Crippen LogP contribution in [0, 0.1) is 0 Å². The third kappa shape index (κ3) is 8.66. The summed E-state index contributed by atoms with van der Waals surface area (Å²) in [6.07, 6.45) is 2.69. The Morgan fingerprint density at radius 3 is 2.47 bits per heavy atom. The molecule has 1 saturated heterocycles. The standard InChI is InChI=1S/C24H35N3O7/c1-2-34-24(33)25-15-7-6-11-18(21(28)27-16-8-12-20(27)23(31)32)26-19(22(29)30)14-13-17-9-4-3-5-10-17/h3-5,9-10,18-20,26H,2,6-8,11-16H2,1H3,(H,25,33)(H,29,30)(H,31,32)/t18-,19-,20-/m0/s1. The number of carbonyl (C=O) groups is 4. The lowest BCUT2D eigenvalue weighted by Crippen LogP contribution is -2.54. The van der Waals surface area contributed by atoms with Crippen LogP contribution in [0.4, 0.5) is 4.79 Å². The quantitative estimate of drug-likeness (QED) is 0.298. The van der Waals surface area contributed by atoms with Crippen LogP contribution in [0.25, 0.3) is 0 Å². The van der Waals surface area contributed by atoms with Gasteiger partial charge < -0.3 is 25.2 Å². The molecule has 2 rings (SSSR count). The first kappa shape index (κ1) is 27.1. The van der Waals surface area contributed by atoms with Gasteiger partial charge >= 0.3 is 18.0 Å². The van der Waals surface area contributed by atoms with Crippen LogP contribution in [0.5, 0.6) is 0 Å². The second-order valence-electron chi connectivity index (χ2n) is 8.31. The minimum absolute atomic E-state index is 0.270. The normalized spacial score (nSPS) is 17.1. The van der Waals surface area contributed by atoms with Crippen LogP contribution in [0.15, 0.2) is 30.3 Å². The number of hydrogen-bond donors (Lipinski definition) is 4. The number of hydrogen-bond acceptors (Lipinski definition) is 6. The molecule has 1 aromatic rings. The molecule has 0 aromatic heterocycles. The van der Waals surface area contributed by atoms with E-state index in [-0.39, 0.29) is 13.0 Å². The Morgan fingerprint density at radius 2 is 1.82 bits per heavy atom. The molecule has 4 N–H and O–H groups in total. The number of nitrogens with zero attached hydrogens (tertiary/aromatic N) is 1. The minimum atomic E-state index is -1.06. The Morgan fingerprint density at radius 1 is 1.09 bits per heavy atom. The first-order valence-corrected chi connectivity index (χ1v) is 11.8. The zero-order chi connectivity index (χ0) is 24.9. The predicted octanol–water partition coefficient (Wildman–Crippen LogP) is 2.02. The van der Waals surface area contributed by atoms with Crippen molar-refractivity contribution < 1.29 is 34.1 Å². The summed E-state index contributed by atoms with van der Waals surface area (Å²) < 4.78 is 4.81. The molecule has 10 nitrogen and oxygen atoms in total. The van der Waals surface area contributed by atoms with Gasteiger partial charge in [0.15, 0.2) is 0 Å². The molecule has 10 heteroatoms. The number of rotatable bonds is 14. The third-order valence-electron chi connectivity index (χ3n) is 5.85. The predicted molar refractivity (Wildman–Crippen MR) is 124 cm³/mol. The lowest BCUT2D eigenvalue weighted by molar-refractivity contribution is -0.149. The molecule has 0 spiro atoms. The van der Waals surface area contributed by atoms with Crippen molar-refractivity contribution in [1.29, 1.82) is 0 Å². The van der Waals surface area contributed by atoms with Crippen LogP contribution in [0.3, 0.4) is 0 Å². The van der Waals surface area contributed by atoms with Gasteiger partial charge in [0.05, 0.1) is 12.6 Å². The molecule has 2 amide bonds. The van der Waals surface area contributed by atoms with Crippen molar-refractivity contribution in [2.24, 2.45) is 0 Å². The highest BCUT2D eigenvalue weighted by Crippen LogP contribution is 2.20. The summed E-state index contributed by atoms with van der Waals surface area (Å²) in [6.45, 7) is 2.67. The molecular weight excluding hydrogens is 442 g/mol. The number of nitrogens with one attached hydrogen (secondary N) is 2. The molecule has 1 fully saturated rings. The highest BCUT2D eigenvalue weighted by molar-refractivity contribution is 5.88. The molecule has 188 valence electrons. The Labute approximate surface area is 199 Å². The van der Waals surface area contributed by atoms with E-state index in [9.17, 15) is 29.4 Å². The van der Waals surface area contributed by atoms with Crippen LogP contribution in [0.2, 0.25) is 0 Å². The van der Waals surface area contributed by atoms with Crippen molar-refractivity contribution in [2.75, 3.05) is 19.7 Å². The number of unbranched alkanes of at least 4 members (excludes halogenated alkanes) is 1. The second kappa shape index (κ2) is 14.2. The van der Waals surface area contributed by atoms with E-state index in [0.29, 0.717) is 51.6 Å². The highest BCUT2D eigenvalue weighted by Gasteiger charge is 2.38. The van der Waals surface area contributed by atoms with Crippen molar-refractivity contribution in [3.63, 3.8) is 0 Å². The molecule has 0 bridgehead atoms. The molecule has 1 aromatic carbocycles. The van der Waals surface area contributed by atoms with Gasteiger partial charge in [-0.15, -0.1) is 0 Å². The first-order valence-electron chi connectivity index (χ1n) is 11.8. The summed E-state index contributed by atoms with van der Waals surface area (Å²) >= 11 is 0. The zero-order valence-electron chi connectivity index (χ0n) is 19.6. The molecule has 0 saturated carbocycles. The maximum absolute atomic E-state index is 13.3. The number of benzene rings is 1. The number of carboxylic acid groups (broad SMARTS) is 2. The average Bonchev–Trinajstić information content (AvgIpc) is 3.31. The number of carboxylic acids is 2. The van der Waals surface area contributed by atoms with Gasteiger partial charge in [0, 0.05) is 13.1 Å². The number of likely N-dealkylation sites (tertiary alicyclic amines) is 1. The third-order valence-corrected chi connectivity index (χ3v) is 5.85. The Hall–Kier alpha value is -3.14. The molecule has 0 radical (unpaired) electrons. The molecule has 34 heavy (non-hydrogen) atoms. The average molecular weight is 478 g/mol. The second-order valence-corrected chi connectivity index (χ2v) is 8.31. The summed E-state index contributed by atoms with van der Waals surface area (Å²) in [5.74, 6) is -2.51. The Balaban J connectivity index is 2.03. The van der Waals surface area contributed by atoms with E-state index in [0.717, 1.165) is 5.56 Å². The van der Waals surface area contributed by atoms with Gasteiger partial charge in [-0.2, -0.15) is 0 Å². The molecule has 0 aliphatic carbocycles. The number of carbonyl (C=O) groups excluding carboxylic acids is 2. The van der Waals surface area contributed by atoms with Gasteiger partial charge in [0.2, 0.25) is 5.91 Å². The van der Waals surface area contributed by atoms with Crippen molar-refractivity contribution in [3.05, 3.63) is 35.9 Å². The first-order chi connectivity index (χ1) is 16.3. The molecule has 1 aliphatic rings. The SMILES string of the molecule is CCOC(=O)NCCCC[C@H](N[C@@H](CCc1ccccc1)C(=O)O)C(=O)N1CCC[C@H]1C(=O)O. The topological polar surface area (TPSA) is 145 Å². The van der Waals surface area contributed by atoms with E-state index >= 15 is 0 Å². The molecule has 0 unspecified atom stereocenters.